The van der Waals surface area contributed by atoms with Gasteiger partial charge >= 0.3 is 0 Å². The van der Waals surface area contributed by atoms with E-state index in [4.69, 9.17) is 4.74 Å². The lowest BCUT2D eigenvalue weighted by atomic mass is 10.1. The van der Waals surface area contributed by atoms with Crippen molar-refractivity contribution in [2.45, 2.75) is 32.4 Å². The van der Waals surface area contributed by atoms with Crippen molar-refractivity contribution in [3.05, 3.63) is 29.3 Å². The second kappa shape index (κ2) is 5.52. The molecule has 0 saturated carbocycles. The van der Waals surface area contributed by atoms with Crippen molar-refractivity contribution >= 4 is 0 Å². The summed E-state index contributed by atoms with van der Waals surface area (Å²) in [4.78, 5) is 2.38. The first-order valence-electron chi connectivity index (χ1n) is 6.23. The summed E-state index contributed by atoms with van der Waals surface area (Å²) >= 11 is 0. The normalized spacial score (nSPS) is 18.3. The molecule has 0 spiro atoms. The molecule has 1 N–H and O–H groups in total. The molecule has 94 valence electrons. The minimum absolute atomic E-state index is 0.106. The van der Waals surface area contributed by atoms with Gasteiger partial charge in [0.05, 0.1) is 13.2 Å². The monoisotopic (exact) mass is 235 g/mol. The van der Waals surface area contributed by atoms with Crippen molar-refractivity contribution in [1.82, 2.24) is 4.90 Å². The van der Waals surface area contributed by atoms with Crippen LogP contribution in [0.2, 0.25) is 0 Å². The number of nitrogens with zero attached hydrogens (tertiary/aromatic N) is 1. The number of ether oxygens (including phenoxy) is 1. The number of aliphatic hydroxyl groups excluding tert-OH is 1. The first-order valence-corrected chi connectivity index (χ1v) is 6.23. The van der Waals surface area contributed by atoms with Crippen LogP contribution in [0.25, 0.3) is 0 Å². The Labute approximate surface area is 103 Å². The Hall–Kier alpha value is -1.06. The molecule has 2 rings (SSSR count). The van der Waals surface area contributed by atoms with Crippen LogP contribution in [-0.2, 0) is 6.54 Å². The minimum atomic E-state index is -0.106. The SMILES string of the molecule is COc1ccc(C)cc1CN1CCC(O)CC1. The molecule has 17 heavy (non-hydrogen) atoms. The topological polar surface area (TPSA) is 32.7 Å². The zero-order valence-corrected chi connectivity index (χ0v) is 10.6. The van der Waals surface area contributed by atoms with Gasteiger partial charge in [-0.25, -0.2) is 0 Å². The van der Waals surface area contributed by atoms with Crippen LogP contribution in [0.4, 0.5) is 0 Å². The minimum Gasteiger partial charge on any atom is -0.496 e. The zero-order chi connectivity index (χ0) is 12.3. The van der Waals surface area contributed by atoms with E-state index in [9.17, 15) is 5.11 Å². The molecule has 1 saturated heterocycles. The van der Waals surface area contributed by atoms with Crippen LogP contribution in [0.5, 0.6) is 5.75 Å². The average molecular weight is 235 g/mol. The van der Waals surface area contributed by atoms with E-state index < -0.39 is 0 Å². The van der Waals surface area contributed by atoms with Crippen LogP contribution in [0.3, 0.4) is 0 Å². The fraction of sp³-hybridized carbons (Fsp3) is 0.571. The van der Waals surface area contributed by atoms with E-state index in [0.29, 0.717) is 0 Å². The predicted molar refractivity (Wildman–Crippen MR) is 68.2 cm³/mol. The van der Waals surface area contributed by atoms with Gasteiger partial charge in [0.15, 0.2) is 0 Å². The highest BCUT2D eigenvalue weighted by Crippen LogP contribution is 2.23. The molecule has 0 amide bonds. The van der Waals surface area contributed by atoms with Gasteiger partial charge < -0.3 is 9.84 Å². The van der Waals surface area contributed by atoms with Crippen LogP contribution < -0.4 is 4.74 Å². The number of rotatable bonds is 3. The molecule has 0 aromatic heterocycles. The molecule has 0 atom stereocenters. The first kappa shape index (κ1) is 12.4. The maximum Gasteiger partial charge on any atom is 0.123 e. The molecule has 1 fully saturated rings. The quantitative estimate of drug-likeness (QED) is 0.869. The number of aliphatic hydroxyl groups is 1. The predicted octanol–water partition coefficient (Wildman–Crippen LogP) is 1.96. The lowest BCUT2D eigenvalue weighted by Gasteiger charge is -2.29. The van der Waals surface area contributed by atoms with Crippen molar-refractivity contribution in [3.63, 3.8) is 0 Å². The molecular weight excluding hydrogens is 214 g/mol. The third kappa shape index (κ3) is 3.20. The number of benzene rings is 1. The van der Waals surface area contributed by atoms with Crippen molar-refractivity contribution in [2.75, 3.05) is 20.2 Å². The standard InChI is InChI=1S/C14H21NO2/c1-11-3-4-14(17-2)12(9-11)10-15-7-5-13(16)6-8-15/h3-4,9,13,16H,5-8,10H2,1-2H3. The maximum atomic E-state index is 9.49. The van der Waals surface area contributed by atoms with E-state index in [-0.39, 0.29) is 6.10 Å². The number of likely N-dealkylation sites (tertiary alicyclic amines) is 1. The summed E-state index contributed by atoms with van der Waals surface area (Å²) in [6, 6.07) is 6.29. The summed E-state index contributed by atoms with van der Waals surface area (Å²) in [6.07, 6.45) is 1.66. The van der Waals surface area contributed by atoms with E-state index in [2.05, 4.69) is 24.0 Å². The van der Waals surface area contributed by atoms with Gasteiger partial charge in [-0.2, -0.15) is 0 Å². The highest BCUT2D eigenvalue weighted by atomic mass is 16.5. The van der Waals surface area contributed by atoms with Crippen LogP contribution >= 0.6 is 0 Å². The second-order valence-electron chi connectivity index (χ2n) is 4.82. The Morgan fingerprint density at radius 1 is 1.35 bits per heavy atom. The fourth-order valence-corrected chi connectivity index (χ4v) is 2.35. The molecule has 1 aliphatic rings. The van der Waals surface area contributed by atoms with Gasteiger partial charge in [-0.05, 0) is 25.8 Å². The molecule has 3 nitrogen and oxygen atoms in total. The highest BCUT2D eigenvalue weighted by molar-refractivity contribution is 5.36. The van der Waals surface area contributed by atoms with E-state index in [1.807, 2.05) is 6.07 Å². The summed E-state index contributed by atoms with van der Waals surface area (Å²) in [5, 5.41) is 9.49. The summed E-state index contributed by atoms with van der Waals surface area (Å²) in [5.41, 5.74) is 2.50. The molecule has 0 aliphatic carbocycles. The molecule has 1 aliphatic heterocycles. The largest absolute Gasteiger partial charge is 0.496 e. The molecule has 1 aromatic rings. The Kier molecular flexibility index (Phi) is 4.02. The van der Waals surface area contributed by atoms with Crippen LogP contribution in [0.1, 0.15) is 24.0 Å². The Bertz CT molecular complexity index is 370. The molecule has 0 radical (unpaired) electrons. The van der Waals surface area contributed by atoms with Crippen molar-refractivity contribution in [3.8, 4) is 5.75 Å². The van der Waals surface area contributed by atoms with Gasteiger partial charge in [0, 0.05) is 25.2 Å². The van der Waals surface area contributed by atoms with Gasteiger partial charge in [0.2, 0.25) is 0 Å². The zero-order valence-electron chi connectivity index (χ0n) is 10.6. The van der Waals surface area contributed by atoms with Crippen LogP contribution in [0, 0.1) is 6.92 Å². The van der Waals surface area contributed by atoms with E-state index in [1.165, 1.54) is 11.1 Å². The summed E-state index contributed by atoms with van der Waals surface area (Å²) in [6.45, 7) is 4.96. The molecule has 0 unspecified atom stereocenters. The van der Waals surface area contributed by atoms with E-state index in [1.54, 1.807) is 7.11 Å². The molecular formula is C14H21NO2. The number of methoxy groups -OCH3 is 1. The number of aryl methyl sites for hydroxylation is 1. The van der Waals surface area contributed by atoms with Crippen molar-refractivity contribution < 1.29 is 9.84 Å². The summed E-state index contributed by atoms with van der Waals surface area (Å²) in [5.74, 6) is 0.960. The van der Waals surface area contributed by atoms with Gasteiger partial charge in [-0.1, -0.05) is 17.7 Å². The highest BCUT2D eigenvalue weighted by Gasteiger charge is 2.18. The Morgan fingerprint density at radius 2 is 2.06 bits per heavy atom. The second-order valence-corrected chi connectivity index (χ2v) is 4.82. The molecule has 3 heteroatoms. The smallest absolute Gasteiger partial charge is 0.123 e. The van der Waals surface area contributed by atoms with Gasteiger partial charge in [0.1, 0.15) is 5.75 Å². The van der Waals surface area contributed by atoms with E-state index in [0.717, 1.165) is 38.2 Å². The molecule has 1 aromatic carbocycles. The van der Waals surface area contributed by atoms with Gasteiger partial charge in [0.25, 0.3) is 0 Å². The van der Waals surface area contributed by atoms with Gasteiger partial charge in [-0.15, -0.1) is 0 Å². The number of hydrogen-bond donors (Lipinski definition) is 1. The molecule has 0 bridgehead atoms. The third-order valence-corrected chi connectivity index (χ3v) is 3.39. The average Bonchev–Trinajstić information content (AvgIpc) is 2.32. The summed E-state index contributed by atoms with van der Waals surface area (Å²) < 4.78 is 5.39. The van der Waals surface area contributed by atoms with Crippen molar-refractivity contribution in [1.29, 1.82) is 0 Å². The number of hydrogen-bond acceptors (Lipinski definition) is 3. The maximum absolute atomic E-state index is 9.49. The lowest BCUT2D eigenvalue weighted by Crippen LogP contribution is -2.35. The molecule has 1 heterocycles. The van der Waals surface area contributed by atoms with Crippen molar-refractivity contribution in [2.24, 2.45) is 0 Å². The fourth-order valence-electron chi connectivity index (χ4n) is 2.35. The first-order chi connectivity index (χ1) is 8.19. The summed E-state index contributed by atoms with van der Waals surface area (Å²) in [7, 11) is 1.72. The number of piperidine rings is 1. The van der Waals surface area contributed by atoms with Gasteiger partial charge in [-0.3, -0.25) is 4.90 Å². The van der Waals surface area contributed by atoms with E-state index >= 15 is 0 Å². The Balaban J connectivity index is 2.04. The van der Waals surface area contributed by atoms with Crippen LogP contribution in [0.15, 0.2) is 18.2 Å². The lowest BCUT2D eigenvalue weighted by molar-refractivity contribution is 0.0789. The Morgan fingerprint density at radius 3 is 2.71 bits per heavy atom. The third-order valence-electron chi connectivity index (χ3n) is 3.39. The van der Waals surface area contributed by atoms with Crippen LogP contribution in [-0.4, -0.2) is 36.3 Å².